The molecule has 0 N–H and O–H groups in total. The minimum atomic E-state index is -4.79. The summed E-state index contributed by atoms with van der Waals surface area (Å²) < 4.78 is 64.4. The zero-order valence-corrected chi connectivity index (χ0v) is 9.46. The lowest BCUT2D eigenvalue weighted by molar-refractivity contribution is -0.144. The lowest BCUT2D eigenvalue weighted by Crippen LogP contribution is -2.14. The molecule has 1 aromatic rings. The number of hydrogen-bond acceptors (Lipinski definition) is 4. The van der Waals surface area contributed by atoms with Crippen LogP contribution in [0.3, 0.4) is 0 Å². The highest BCUT2D eigenvalue weighted by atomic mass is 19.4. The van der Waals surface area contributed by atoms with Gasteiger partial charge in [0.1, 0.15) is 0 Å². The Labute approximate surface area is 100 Å². The number of ether oxygens (including phenoxy) is 3. The van der Waals surface area contributed by atoms with Crippen LogP contribution in [0.25, 0.3) is 0 Å². The summed E-state index contributed by atoms with van der Waals surface area (Å²) in [6.07, 6.45) is -4.79. The zero-order valence-electron chi connectivity index (χ0n) is 9.46. The molecule has 8 heteroatoms. The first-order chi connectivity index (χ1) is 8.45. The Hall–Kier alpha value is -1.41. The van der Waals surface area contributed by atoms with Crippen LogP contribution in [0, 0.1) is 5.95 Å². The molecule has 0 aliphatic heterocycles. The van der Waals surface area contributed by atoms with Gasteiger partial charge in [-0.05, 0) is 12.1 Å². The first-order valence-electron chi connectivity index (χ1n) is 4.88. The molecule has 0 radical (unpaired) electrons. The Morgan fingerprint density at radius 3 is 2.56 bits per heavy atom. The number of hydrogen-bond donors (Lipinski definition) is 0. The molecule has 0 aromatic carbocycles. The minimum Gasteiger partial charge on any atom is -0.465 e. The molecule has 102 valence electrons. The van der Waals surface area contributed by atoms with E-state index in [4.69, 9.17) is 9.47 Å². The maximum Gasteiger partial charge on any atom is 0.437 e. The van der Waals surface area contributed by atoms with Gasteiger partial charge in [0.15, 0.2) is 18.2 Å². The van der Waals surface area contributed by atoms with Crippen LogP contribution in [-0.2, 0) is 15.7 Å². The highest BCUT2D eigenvalue weighted by Gasteiger charge is 2.37. The summed E-state index contributed by atoms with van der Waals surface area (Å²) in [4.78, 5) is 2.76. The molecule has 0 fully saturated rings. The van der Waals surface area contributed by atoms with Crippen molar-refractivity contribution in [3.05, 3.63) is 23.8 Å². The SMILES string of the molecule is COCCOCOc1ccc(F)nc1C(F)(F)F. The molecule has 0 unspecified atom stereocenters. The van der Waals surface area contributed by atoms with Crippen LogP contribution in [0.5, 0.6) is 5.75 Å². The van der Waals surface area contributed by atoms with Crippen LogP contribution in [-0.4, -0.2) is 32.1 Å². The molecule has 0 amide bonds. The first-order valence-corrected chi connectivity index (χ1v) is 4.88. The van der Waals surface area contributed by atoms with E-state index < -0.39 is 30.4 Å². The number of alkyl halides is 3. The van der Waals surface area contributed by atoms with Gasteiger partial charge in [0.25, 0.3) is 0 Å². The predicted octanol–water partition coefficient (Wildman–Crippen LogP) is 2.24. The fourth-order valence-corrected chi connectivity index (χ4v) is 1.05. The monoisotopic (exact) mass is 269 g/mol. The Morgan fingerprint density at radius 2 is 1.94 bits per heavy atom. The van der Waals surface area contributed by atoms with Gasteiger partial charge in [0.2, 0.25) is 5.95 Å². The van der Waals surface area contributed by atoms with Gasteiger partial charge >= 0.3 is 6.18 Å². The van der Waals surface area contributed by atoms with Crippen molar-refractivity contribution in [2.24, 2.45) is 0 Å². The third-order valence-electron chi connectivity index (χ3n) is 1.82. The van der Waals surface area contributed by atoms with Gasteiger partial charge in [-0.2, -0.15) is 17.6 Å². The van der Waals surface area contributed by atoms with Crippen LogP contribution in [0.2, 0.25) is 0 Å². The molecule has 1 heterocycles. The first kappa shape index (κ1) is 14.7. The van der Waals surface area contributed by atoms with E-state index in [0.29, 0.717) is 0 Å². The highest BCUT2D eigenvalue weighted by Crippen LogP contribution is 2.34. The van der Waals surface area contributed by atoms with E-state index >= 15 is 0 Å². The summed E-state index contributed by atoms with van der Waals surface area (Å²) in [5.74, 6) is -1.81. The van der Waals surface area contributed by atoms with Gasteiger partial charge < -0.3 is 14.2 Å². The molecule has 0 bridgehead atoms. The van der Waals surface area contributed by atoms with E-state index in [2.05, 4.69) is 9.72 Å². The van der Waals surface area contributed by atoms with Crippen molar-refractivity contribution in [2.75, 3.05) is 27.1 Å². The minimum absolute atomic E-state index is 0.173. The topological polar surface area (TPSA) is 40.6 Å². The quantitative estimate of drug-likeness (QED) is 0.344. The number of methoxy groups -OCH3 is 1. The normalized spacial score (nSPS) is 11.6. The van der Waals surface area contributed by atoms with Gasteiger partial charge in [-0.3, -0.25) is 0 Å². The van der Waals surface area contributed by atoms with Crippen LogP contribution < -0.4 is 4.74 Å². The number of halogens is 4. The van der Waals surface area contributed by atoms with Gasteiger partial charge in [-0.15, -0.1) is 0 Å². The molecular weight excluding hydrogens is 258 g/mol. The number of nitrogens with zero attached hydrogens (tertiary/aromatic N) is 1. The van der Waals surface area contributed by atoms with Crippen LogP contribution in [0.4, 0.5) is 17.6 Å². The van der Waals surface area contributed by atoms with E-state index in [0.717, 1.165) is 12.1 Å². The largest absolute Gasteiger partial charge is 0.465 e. The standard InChI is InChI=1S/C10H11F4NO3/c1-16-4-5-17-6-18-7-2-3-8(11)15-9(7)10(12,13)14/h2-3H,4-6H2,1H3. The summed E-state index contributed by atoms with van der Waals surface area (Å²) in [5.41, 5.74) is -1.42. The van der Waals surface area contributed by atoms with Gasteiger partial charge in [-0.25, -0.2) is 4.98 Å². The molecule has 0 saturated heterocycles. The fourth-order valence-electron chi connectivity index (χ4n) is 1.05. The Balaban J connectivity index is 2.65. The maximum absolute atomic E-state index is 12.7. The molecule has 1 rings (SSSR count). The average molecular weight is 269 g/mol. The van der Waals surface area contributed by atoms with E-state index in [9.17, 15) is 17.6 Å². The van der Waals surface area contributed by atoms with Crippen molar-refractivity contribution in [3.8, 4) is 5.75 Å². The summed E-state index contributed by atoms with van der Waals surface area (Å²) in [6.45, 7) is 0.0589. The molecule has 0 saturated carbocycles. The average Bonchev–Trinajstić information content (AvgIpc) is 2.29. The van der Waals surface area contributed by atoms with Crippen molar-refractivity contribution in [2.45, 2.75) is 6.18 Å². The number of pyridine rings is 1. The van der Waals surface area contributed by atoms with E-state index in [1.807, 2.05) is 0 Å². The third-order valence-corrected chi connectivity index (χ3v) is 1.82. The second-order valence-corrected chi connectivity index (χ2v) is 3.14. The maximum atomic E-state index is 12.7. The number of aromatic nitrogens is 1. The Bertz CT molecular complexity index is 384. The molecule has 0 aliphatic carbocycles. The van der Waals surface area contributed by atoms with Crippen molar-refractivity contribution in [1.82, 2.24) is 4.98 Å². The molecule has 0 spiro atoms. The Morgan fingerprint density at radius 1 is 1.22 bits per heavy atom. The van der Waals surface area contributed by atoms with Crippen LogP contribution in [0.15, 0.2) is 12.1 Å². The predicted molar refractivity (Wildman–Crippen MR) is 52.5 cm³/mol. The lowest BCUT2D eigenvalue weighted by Gasteiger charge is -2.12. The van der Waals surface area contributed by atoms with Gasteiger partial charge in [0, 0.05) is 7.11 Å². The molecule has 4 nitrogen and oxygen atoms in total. The summed E-state index contributed by atoms with van der Waals surface area (Å²) in [6, 6.07) is 1.63. The second kappa shape index (κ2) is 6.50. The van der Waals surface area contributed by atoms with Crippen LogP contribution >= 0.6 is 0 Å². The van der Waals surface area contributed by atoms with Crippen molar-refractivity contribution in [1.29, 1.82) is 0 Å². The summed E-state index contributed by atoms with van der Waals surface area (Å²) >= 11 is 0. The van der Waals surface area contributed by atoms with Crippen molar-refractivity contribution < 1.29 is 31.8 Å². The molecule has 0 atom stereocenters. The molecular formula is C10H11F4NO3. The second-order valence-electron chi connectivity index (χ2n) is 3.14. The smallest absolute Gasteiger partial charge is 0.437 e. The highest BCUT2D eigenvalue weighted by molar-refractivity contribution is 5.29. The summed E-state index contributed by atoms with van der Waals surface area (Å²) in [7, 11) is 1.45. The molecule has 0 aliphatic rings. The molecule has 18 heavy (non-hydrogen) atoms. The fraction of sp³-hybridized carbons (Fsp3) is 0.500. The number of rotatable bonds is 6. The Kier molecular flexibility index (Phi) is 5.29. The third kappa shape index (κ3) is 4.46. The van der Waals surface area contributed by atoms with Crippen molar-refractivity contribution in [3.63, 3.8) is 0 Å². The van der Waals surface area contributed by atoms with Gasteiger partial charge in [0.05, 0.1) is 13.2 Å². The van der Waals surface area contributed by atoms with Gasteiger partial charge in [-0.1, -0.05) is 0 Å². The molecule has 1 aromatic heterocycles. The van der Waals surface area contributed by atoms with E-state index in [1.54, 1.807) is 0 Å². The van der Waals surface area contributed by atoms with E-state index in [1.165, 1.54) is 7.11 Å². The summed E-state index contributed by atoms with van der Waals surface area (Å²) in [5, 5.41) is 0. The lowest BCUT2D eigenvalue weighted by atomic mass is 10.3. The zero-order chi connectivity index (χ0) is 13.6. The van der Waals surface area contributed by atoms with Crippen LogP contribution in [0.1, 0.15) is 5.69 Å². The van der Waals surface area contributed by atoms with Crippen molar-refractivity contribution >= 4 is 0 Å². The van der Waals surface area contributed by atoms with E-state index in [-0.39, 0.29) is 13.2 Å².